The van der Waals surface area contributed by atoms with Crippen molar-refractivity contribution in [2.45, 2.75) is 43.9 Å². The number of hydrogen-bond donors (Lipinski definition) is 0. The molecule has 0 spiro atoms. The van der Waals surface area contributed by atoms with Crippen molar-refractivity contribution < 1.29 is 9.53 Å². The van der Waals surface area contributed by atoms with Crippen LogP contribution in [0.3, 0.4) is 0 Å². The van der Waals surface area contributed by atoms with E-state index < -0.39 is 0 Å². The Morgan fingerprint density at radius 2 is 2.19 bits per heavy atom. The number of allylic oxidation sites excluding steroid dienone is 1. The summed E-state index contributed by atoms with van der Waals surface area (Å²) in [5.74, 6) is 1.99. The lowest BCUT2D eigenvalue weighted by Gasteiger charge is -2.33. The Morgan fingerprint density at radius 3 is 2.93 bits per heavy atom. The SMILES string of the molecule is C=CCn1c(SCC(=O)N2CCCCC2C)nnc1-c1ccccc1OC. The number of nitrogens with zero attached hydrogens (tertiary/aromatic N) is 4. The molecule has 27 heavy (non-hydrogen) atoms. The molecule has 2 heterocycles. The maximum absolute atomic E-state index is 12.6. The van der Waals surface area contributed by atoms with Gasteiger partial charge in [-0.3, -0.25) is 9.36 Å². The van der Waals surface area contributed by atoms with Crippen LogP contribution in [0.25, 0.3) is 11.4 Å². The Morgan fingerprint density at radius 1 is 1.37 bits per heavy atom. The monoisotopic (exact) mass is 386 g/mol. The molecule has 0 radical (unpaired) electrons. The quantitative estimate of drug-likeness (QED) is 0.537. The van der Waals surface area contributed by atoms with Gasteiger partial charge in [-0.25, -0.2) is 0 Å². The largest absolute Gasteiger partial charge is 0.496 e. The van der Waals surface area contributed by atoms with Crippen LogP contribution >= 0.6 is 11.8 Å². The third-order valence-corrected chi connectivity index (χ3v) is 5.78. The smallest absolute Gasteiger partial charge is 0.233 e. The van der Waals surface area contributed by atoms with Crippen molar-refractivity contribution in [3.8, 4) is 17.1 Å². The molecular formula is C20H26N4O2S. The lowest BCUT2D eigenvalue weighted by Crippen LogP contribution is -2.43. The lowest BCUT2D eigenvalue weighted by molar-refractivity contribution is -0.131. The highest BCUT2D eigenvalue weighted by Gasteiger charge is 2.24. The summed E-state index contributed by atoms with van der Waals surface area (Å²) in [7, 11) is 1.64. The number of rotatable bonds is 7. The zero-order valence-electron chi connectivity index (χ0n) is 15.9. The Labute approximate surface area is 164 Å². The van der Waals surface area contributed by atoms with E-state index in [9.17, 15) is 4.79 Å². The number of aromatic nitrogens is 3. The number of amides is 1. The van der Waals surface area contributed by atoms with E-state index in [2.05, 4.69) is 23.7 Å². The molecule has 3 rings (SSSR count). The fourth-order valence-electron chi connectivity index (χ4n) is 3.40. The predicted octanol–water partition coefficient (Wildman–Crippen LogP) is 3.63. The van der Waals surface area contributed by atoms with E-state index in [1.165, 1.54) is 18.2 Å². The maximum atomic E-state index is 12.6. The maximum Gasteiger partial charge on any atom is 0.233 e. The van der Waals surface area contributed by atoms with Gasteiger partial charge in [0, 0.05) is 19.1 Å². The molecule has 6 nitrogen and oxygen atoms in total. The van der Waals surface area contributed by atoms with Crippen LogP contribution in [0.2, 0.25) is 0 Å². The van der Waals surface area contributed by atoms with Gasteiger partial charge in [0.25, 0.3) is 0 Å². The van der Waals surface area contributed by atoms with Crippen LogP contribution in [-0.4, -0.2) is 51.0 Å². The molecule has 0 saturated carbocycles. The van der Waals surface area contributed by atoms with Crippen LogP contribution in [0.1, 0.15) is 26.2 Å². The summed E-state index contributed by atoms with van der Waals surface area (Å²) >= 11 is 1.43. The van der Waals surface area contributed by atoms with Gasteiger partial charge in [0.2, 0.25) is 5.91 Å². The second-order valence-corrected chi connectivity index (χ2v) is 7.57. The van der Waals surface area contributed by atoms with Crippen LogP contribution in [0.5, 0.6) is 5.75 Å². The van der Waals surface area contributed by atoms with Crippen LogP contribution < -0.4 is 4.74 Å². The van der Waals surface area contributed by atoms with E-state index in [0.29, 0.717) is 29.3 Å². The molecule has 2 aromatic rings. The van der Waals surface area contributed by atoms with E-state index in [0.717, 1.165) is 30.7 Å². The third-order valence-electron chi connectivity index (χ3n) is 4.82. The molecule has 7 heteroatoms. The van der Waals surface area contributed by atoms with Gasteiger partial charge in [0.05, 0.1) is 18.4 Å². The summed E-state index contributed by atoms with van der Waals surface area (Å²) in [6, 6.07) is 8.04. The van der Waals surface area contributed by atoms with Crippen molar-refractivity contribution >= 4 is 17.7 Å². The molecule has 1 amide bonds. The fourth-order valence-corrected chi connectivity index (χ4v) is 4.23. The number of thioether (sulfide) groups is 1. The molecular weight excluding hydrogens is 360 g/mol. The standard InChI is InChI=1S/C20H26N4O2S/c1-4-12-24-19(16-10-5-6-11-17(16)26-3)21-22-20(24)27-14-18(25)23-13-8-7-9-15(23)2/h4-6,10-11,15H,1,7-9,12-14H2,2-3H3. The first-order valence-electron chi connectivity index (χ1n) is 9.25. The number of likely N-dealkylation sites (tertiary alicyclic amines) is 1. The number of hydrogen-bond acceptors (Lipinski definition) is 5. The van der Waals surface area contributed by atoms with Crippen molar-refractivity contribution in [1.29, 1.82) is 0 Å². The zero-order chi connectivity index (χ0) is 19.2. The summed E-state index contributed by atoms with van der Waals surface area (Å²) in [4.78, 5) is 14.6. The van der Waals surface area contributed by atoms with Crippen molar-refractivity contribution in [3.05, 3.63) is 36.9 Å². The summed E-state index contributed by atoms with van der Waals surface area (Å²) in [6.45, 7) is 7.39. The van der Waals surface area contributed by atoms with Gasteiger partial charge < -0.3 is 9.64 Å². The first kappa shape index (κ1) is 19.5. The van der Waals surface area contributed by atoms with Crippen LogP contribution in [-0.2, 0) is 11.3 Å². The average molecular weight is 387 g/mol. The summed E-state index contributed by atoms with van der Waals surface area (Å²) < 4.78 is 7.43. The molecule has 1 aliphatic rings. The molecule has 1 fully saturated rings. The molecule has 0 bridgehead atoms. The molecule has 0 N–H and O–H groups in total. The van der Waals surface area contributed by atoms with Gasteiger partial charge in [-0.05, 0) is 38.3 Å². The van der Waals surface area contributed by atoms with E-state index >= 15 is 0 Å². The van der Waals surface area contributed by atoms with E-state index in [1.54, 1.807) is 13.2 Å². The predicted molar refractivity (Wildman–Crippen MR) is 108 cm³/mol. The number of ether oxygens (including phenoxy) is 1. The number of benzene rings is 1. The van der Waals surface area contributed by atoms with Gasteiger partial charge in [0.15, 0.2) is 11.0 Å². The summed E-state index contributed by atoms with van der Waals surface area (Å²) in [5, 5.41) is 9.40. The van der Waals surface area contributed by atoms with Crippen LogP contribution in [0, 0.1) is 0 Å². The fraction of sp³-hybridized carbons (Fsp3) is 0.450. The van der Waals surface area contributed by atoms with Gasteiger partial charge in [0.1, 0.15) is 5.75 Å². The minimum absolute atomic E-state index is 0.166. The normalized spacial score (nSPS) is 17.0. The summed E-state index contributed by atoms with van der Waals surface area (Å²) in [6.07, 6.45) is 5.18. The van der Waals surface area contributed by atoms with E-state index in [4.69, 9.17) is 4.74 Å². The molecule has 1 aromatic heterocycles. The average Bonchev–Trinajstić information content (AvgIpc) is 3.09. The second kappa shape index (κ2) is 9.08. The highest BCUT2D eigenvalue weighted by molar-refractivity contribution is 7.99. The van der Waals surface area contributed by atoms with E-state index in [1.807, 2.05) is 33.7 Å². The zero-order valence-corrected chi connectivity index (χ0v) is 16.7. The topological polar surface area (TPSA) is 60.2 Å². The highest BCUT2D eigenvalue weighted by atomic mass is 32.2. The molecule has 1 atom stereocenters. The van der Waals surface area contributed by atoms with Gasteiger partial charge >= 0.3 is 0 Å². The first-order chi connectivity index (χ1) is 13.2. The minimum Gasteiger partial charge on any atom is -0.496 e. The van der Waals surface area contributed by atoms with Gasteiger partial charge in [-0.2, -0.15) is 0 Å². The van der Waals surface area contributed by atoms with Crippen molar-refractivity contribution in [1.82, 2.24) is 19.7 Å². The lowest BCUT2D eigenvalue weighted by atomic mass is 10.0. The number of para-hydroxylation sites is 1. The van der Waals surface area contributed by atoms with Gasteiger partial charge in [-0.15, -0.1) is 16.8 Å². The van der Waals surface area contributed by atoms with Crippen molar-refractivity contribution in [2.75, 3.05) is 19.4 Å². The number of methoxy groups -OCH3 is 1. The van der Waals surface area contributed by atoms with E-state index in [-0.39, 0.29) is 5.91 Å². The van der Waals surface area contributed by atoms with Crippen molar-refractivity contribution in [2.24, 2.45) is 0 Å². The number of carbonyl (C=O) groups is 1. The molecule has 0 aliphatic carbocycles. The van der Waals surface area contributed by atoms with Crippen LogP contribution in [0.4, 0.5) is 0 Å². The van der Waals surface area contributed by atoms with Crippen LogP contribution in [0.15, 0.2) is 42.1 Å². The Bertz CT molecular complexity index is 805. The first-order valence-corrected chi connectivity index (χ1v) is 10.2. The molecule has 1 unspecified atom stereocenters. The highest BCUT2D eigenvalue weighted by Crippen LogP contribution is 2.31. The second-order valence-electron chi connectivity index (χ2n) is 6.63. The Balaban J connectivity index is 1.79. The molecule has 144 valence electrons. The Hall–Kier alpha value is -2.28. The minimum atomic E-state index is 0.166. The van der Waals surface area contributed by atoms with Crippen molar-refractivity contribution in [3.63, 3.8) is 0 Å². The Kier molecular flexibility index (Phi) is 6.55. The summed E-state index contributed by atoms with van der Waals surface area (Å²) in [5.41, 5.74) is 0.872. The molecule has 1 saturated heterocycles. The van der Waals surface area contributed by atoms with Gasteiger partial charge in [-0.1, -0.05) is 30.0 Å². The number of piperidine rings is 1. The third kappa shape index (κ3) is 4.35. The molecule has 1 aliphatic heterocycles. The molecule has 1 aromatic carbocycles. The number of carbonyl (C=O) groups excluding carboxylic acids is 1.